The van der Waals surface area contributed by atoms with Crippen molar-refractivity contribution < 1.29 is 58.9 Å². The highest BCUT2D eigenvalue weighted by atomic mass is 32.2. The first-order chi connectivity index (χ1) is 21.8. The van der Waals surface area contributed by atoms with Gasteiger partial charge in [-0.15, -0.1) is 0 Å². The van der Waals surface area contributed by atoms with E-state index in [9.17, 15) is 49.5 Å². The molecule has 0 saturated heterocycles. The molecule has 10 nitrogen and oxygen atoms in total. The molecule has 2 fully saturated rings. The maximum absolute atomic E-state index is 13.1. The molecule has 18 heteroatoms. The van der Waals surface area contributed by atoms with Gasteiger partial charge in [0.05, 0.1) is 12.3 Å². The number of fused-ring (bicyclic) bond motifs is 2. The zero-order chi connectivity index (χ0) is 34.8. The minimum atomic E-state index is -6.10. The number of aromatic nitrogens is 1. The number of thiazole rings is 1. The van der Waals surface area contributed by atoms with E-state index in [2.05, 4.69) is 17.2 Å². The number of halogens is 6. The summed E-state index contributed by atoms with van der Waals surface area (Å²) in [6, 6.07) is 1.85. The van der Waals surface area contributed by atoms with E-state index in [0.717, 1.165) is 18.8 Å². The third kappa shape index (κ3) is 8.94. The smallest absolute Gasteiger partial charge is 0.430 e. The first-order valence-electron chi connectivity index (χ1n) is 14.8. The SMILES string of the molecule is Cc1nc(NC(=O)COCCOC(=O)CC2CC3CC(C)CC(C2)C3)sc1S(=O)(=O)Nc1ccc(C(O)(C(F)(F)F)C(F)(F)F)cc1. The van der Waals surface area contributed by atoms with Crippen molar-refractivity contribution in [2.75, 3.05) is 29.9 Å². The molecular formula is C29H35F6N3O7S2. The summed E-state index contributed by atoms with van der Waals surface area (Å²) >= 11 is 0.542. The highest BCUT2D eigenvalue weighted by Crippen LogP contribution is 2.50. The maximum atomic E-state index is 13.1. The summed E-state index contributed by atoms with van der Waals surface area (Å²) in [4.78, 5) is 28.5. The molecule has 262 valence electrons. The molecule has 1 aromatic heterocycles. The fourth-order valence-electron chi connectivity index (χ4n) is 6.47. The van der Waals surface area contributed by atoms with Crippen LogP contribution in [-0.4, -0.2) is 62.6 Å². The Hall–Kier alpha value is -2.96. The predicted octanol–water partition coefficient (Wildman–Crippen LogP) is 5.92. The number of hydrogen-bond donors (Lipinski definition) is 3. The number of hydrogen-bond acceptors (Lipinski definition) is 9. The van der Waals surface area contributed by atoms with Crippen LogP contribution in [0.5, 0.6) is 0 Å². The van der Waals surface area contributed by atoms with Gasteiger partial charge in [-0.05, 0) is 74.8 Å². The summed E-state index contributed by atoms with van der Waals surface area (Å²) in [5.74, 6) is 1.42. The fraction of sp³-hybridized carbons (Fsp3) is 0.621. The summed E-state index contributed by atoms with van der Waals surface area (Å²) in [5, 5.41) is 11.7. The van der Waals surface area contributed by atoms with Crippen LogP contribution >= 0.6 is 11.3 Å². The van der Waals surface area contributed by atoms with Gasteiger partial charge in [-0.3, -0.25) is 19.6 Å². The Morgan fingerprint density at radius 1 is 0.979 bits per heavy atom. The number of benzene rings is 1. The van der Waals surface area contributed by atoms with Crippen LogP contribution in [-0.2, 0) is 34.7 Å². The number of esters is 1. The number of rotatable bonds is 12. The van der Waals surface area contributed by atoms with Gasteiger partial charge in [0.15, 0.2) is 9.34 Å². The Morgan fingerprint density at radius 2 is 1.57 bits per heavy atom. The van der Waals surface area contributed by atoms with Crippen LogP contribution in [0.2, 0.25) is 0 Å². The van der Waals surface area contributed by atoms with Crippen LogP contribution in [0.25, 0.3) is 0 Å². The van der Waals surface area contributed by atoms with Gasteiger partial charge in [-0.1, -0.05) is 30.4 Å². The third-order valence-electron chi connectivity index (χ3n) is 8.27. The van der Waals surface area contributed by atoms with Crippen molar-refractivity contribution in [1.29, 1.82) is 0 Å². The molecule has 0 radical (unpaired) electrons. The fourth-order valence-corrected chi connectivity index (χ4v) is 8.96. The number of carbonyl (C=O) groups excluding carboxylic acids is 2. The lowest BCUT2D eigenvalue weighted by atomic mass is 9.64. The van der Waals surface area contributed by atoms with Crippen LogP contribution in [0.4, 0.5) is 37.2 Å². The molecule has 2 aromatic rings. The summed E-state index contributed by atoms with van der Waals surface area (Å²) in [6.07, 6.45) is -6.10. The monoisotopic (exact) mass is 715 g/mol. The number of ether oxygens (including phenoxy) is 2. The Kier molecular flexibility index (Phi) is 11.2. The number of sulfonamides is 1. The number of carbonyl (C=O) groups is 2. The number of nitrogens with zero attached hydrogens (tertiary/aromatic N) is 1. The number of amides is 1. The van der Waals surface area contributed by atoms with E-state index in [0.29, 0.717) is 59.8 Å². The van der Waals surface area contributed by atoms with E-state index in [4.69, 9.17) is 9.47 Å². The van der Waals surface area contributed by atoms with Gasteiger partial charge in [0.2, 0.25) is 0 Å². The first-order valence-corrected chi connectivity index (χ1v) is 17.1. The lowest BCUT2D eigenvalue weighted by Crippen LogP contribution is -2.53. The second kappa shape index (κ2) is 14.3. The molecule has 2 aliphatic carbocycles. The molecule has 2 unspecified atom stereocenters. The zero-order valence-electron chi connectivity index (χ0n) is 25.4. The average Bonchev–Trinajstić information content (AvgIpc) is 3.31. The van der Waals surface area contributed by atoms with Gasteiger partial charge >= 0.3 is 18.3 Å². The van der Waals surface area contributed by atoms with Crippen molar-refractivity contribution in [2.24, 2.45) is 23.7 Å². The number of nitrogens with one attached hydrogen (secondary N) is 2. The van der Waals surface area contributed by atoms with E-state index < -0.39 is 51.7 Å². The van der Waals surface area contributed by atoms with Crippen molar-refractivity contribution >= 4 is 44.1 Å². The van der Waals surface area contributed by atoms with Crippen LogP contribution < -0.4 is 10.0 Å². The number of aliphatic hydroxyl groups is 1. The molecular weight excluding hydrogens is 680 g/mol. The van der Waals surface area contributed by atoms with Crippen LogP contribution in [0.1, 0.15) is 56.7 Å². The van der Waals surface area contributed by atoms with Crippen molar-refractivity contribution in [1.82, 2.24) is 4.98 Å². The van der Waals surface area contributed by atoms with Gasteiger partial charge in [0.25, 0.3) is 21.5 Å². The molecule has 4 rings (SSSR count). The summed E-state index contributed by atoms with van der Waals surface area (Å²) < 4.78 is 117. The molecule has 47 heavy (non-hydrogen) atoms. The lowest BCUT2D eigenvalue weighted by Gasteiger charge is -2.41. The molecule has 0 spiro atoms. The topological polar surface area (TPSA) is 144 Å². The summed E-state index contributed by atoms with van der Waals surface area (Å²) in [6.45, 7) is 3.05. The van der Waals surface area contributed by atoms with Crippen molar-refractivity contribution in [2.45, 2.75) is 74.5 Å². The average molecular weight is 716 g/mol. The minimum Gasteiger partial charge on any atom is -0.463 e. The number of alkyl halides is 6. The van der Waals surface area contributed by atoms with E-state index in [1.165, 1.54) is 26.2 Å². The van der Waals surface area contributed by atoms with Crippen LogP contribution in [0.3, 0.4) is 0 Å². The van der Waals surface area contributed by atoms with Crippen molar-refractivity contribution in [3.8, 4) is 0 Å². The van der Waals surface area contributed by atoms with Gasteiger partial charge in [0, 0.05) is 17.7 Å². The molecule has 1 aromatic carbocycles. The Morgan fingerprint density at radius 3 is 2.15 bits per heavy atom. The Bertz CT molecular complexity index is 1500. The summed E-state index contributed by atoms with van der Waals surface area (Å²) in [7, 11) is -4.45. The van der Waals surface area contributed by atoms with E-state index in [-0.39, 0.29) is 34.2 Å². The van der Waals surface area contributed by atoms with Gasteiger partial charge < -0.3 is 14.6 Å². The van der Waals surface area contributed by atoms with Gasteiger partial charge in [-0.2, -0.15) is 26.3 Å². The van der Waals surface area contributed by atoms with Crippen molar-refractivity contribution in [3.05, 3.63) is 35.5 Å². The van der Waals surface area contributed by atoms with Gasteiger partial charge in [-0.25, -0.2) is 13.4 Å². The highest BCUT2D eigenvalue weighted by molar-refractivity contribution is 7.94. The van der Waals surface area contributed by atoms with Crippen molar-refractivity contribution in [3.63, 3.8) is 0 Å². The van der Waals surface area contributed by atoms with Crippen LogP contribution in [0, 0.1) is 30.6 Å². The third-order valence-corrected chi connectivity index (χ3v) is 11.3. The number of anilines is 2. The first kappa shape index (κ1) is 36.9. The highest BCUT2D eigenvalue weighted by Gasteiger charge is 2.71. The minimum absolute atomic E-state index is 0.0418. The molecule has 3 N–H and O–H groups in total. The largest absolute Gasteiger partial charge is 0.463 e. The predicted molar refractivity (Wildman–Crippen MR) is 158 cm³/mol. The molecule has 0 aliphatic heterocycles. The quantitative estimate of drug-likeness (QED) is 0.140. The maximum Gasteiger partial charge on any atom is 0.430 e. The van der Waals surface area contributed by atoms with E-state index >= 15 is 0 Å². The lowest BCUT2D eigenvalue weighted by molar-refractivity contribution is -0.376. The summed E-state index contributed by atoms with van der Waals surface area (Å²) in [5.41, 5.74) is -7.18. The Balaban J connectivity index is 1.23. The molecule has 2 atom stereocenters. The number of aryl methyl sites for hydroxylation is 1. The second-order valence-electron chi connectivity index (χ2n) is 12.2. The van der Waals surface area contributed by atoms with Crippen LogP contribution in [0.15, 0.2) is 28.5 Å². The molecule has 2 aliphatic rings. The van der Waals surface area contributed by atoms with Gasteiger partial charge in [0.1, 0.15) is 13.2 Å². The molecule has 2 bridgehead atoms. The van der Waals surface area contributed by atoms with E-state index in [1.54, 1.807) is 0 Å². The molecule has 1 heterocycles. The standard InChI is InChI=1S/C29H35F6N3O7S2/c1-16-9-18-11-19(10-16)13-20(12-18)14-24(40)45-8-7-44-15-23(39)37-26-36-17(2)25(46-26)47(42,43)38-22-5-3-21(4-6-22)27(41,28(30,31)32)29(33,34)35/h3-6,16,18-20,38,41H,7-15H2,1-2H3,(H,36,37,39). The second-order valence-corrected chi connectivity index (χ2v) is 15.1. The van der Waals surface area contributed by atoms with E-state index in [1.807, 2.05) is 4.72 Å². The normalized spacial score (nSPS) is 22.1. The Labute approximate surface area is 271 Å². The molecule has 1 amide bonds. The zero-order valence-corrected chi connectivity index (χ0v) is 27.0. The molecule has 2 saturated carbocycles.